The number of carbonyl (C=O) groups is 2. The maximum atomic E-state index is 10.2. The molecule has 0 saturated heterocycles. The second-order valence-corrected chi connectivity index (χ2v) is 4.90. The van der Waals surface area contributed by atoms with Crippen molar-refractivity contribution in [1.29, 1.82) is 0 Å². The Bertz CT molecular complexity index is 197. The van der Waals surface area contributed by atoms with Crippen molar-refractivity contribution >= 4 is 33.5 Å². The number of hydrogen-bond donors (Lipinski definition) is 2. The molecule has 0 spiro atoms. The van der Waals surface area contributed by atoms with Crippen LogP contribution in [0.2, 0.25) is 0 Å². The third kappa shape index (κ3) is 9.82. The van der Waals surface area contributed by atoms with E-state index in [1.54, 1.807) is 0 Å². The molecule has 6 nitrogen and oxygen atoms in total. The summed E-state index contributed by atoms with van der Waals surface area (Å²) in [7, 11) is 2.20. The fourth-order valence-electron chi connectivity index (χ4n) is 0.375. The zero-order chi connectivity index (χ0) is 11.1. The van der Waals surface area contributed by atoms with Crippen LogP contribution in [0, 0.1) is 40.8 Å². The van der Waals surface area contributed by atoms with E-state index in [1.165, 1.54) is 0 Å². The predicted octanol–water partition coefficient (Wildman–Crippen LogP) is 1.38. The number of carboxylic acids is 2. The fraction of sp³-hybridized carbons (Fsp3) is 0.667. The molecule has 2 atom stereocenters. The Balaban J connectivity index is 0. The minimum atomic E-state index is -1.20. The van der Waals surface area contributed by atoms with E-state index in [1.807, 2.05) is 0 Å². The second kappa shape index (κ2) is 10.1. The third-order valence-electron chi connectivity index (χ3n) is 1.15. The van der Waals surface area contributed by atoms with Gasteiger partial charge in [-0.1, -0.05) is 21.6 Å². The van der Waals surface area contributed by atoms with Crippen molar-refractivity contribution in [3.8, 4) is 0 Å². The van der Waals surface area contributed by atoms with Gasteiger partial charge in [-0.05, 0) is 23.6 Å². The first-order chi connectivity index (χ1) is 6.45. The second-order valence-electron chi connectivity index (χ2n) is 2.35. The van der Waals surface area contributed by atoms with Crippen molar-refractivity contribution in [2.24, 2.45) is 0 Å². The Kier molecular flexibility index (Phi) is 12.3. The molecule has 86 valence electrons. The SMILES string of the molecule is [NH-][C@@H](CSSC[C@H]([NH-])C(=O)O)C(=O)O.[Nd]. The van der Waals surface area contributed by atoms with Gasteiger partial charge in [-0.25, -0.2) is 0 Å². The summed E-state index contributed by atoms with van der Waals surface area (Å²) in [5.41, 5.74) is 14.0. The molecule has 0 fully saturated rings. The van der Waals surface area contributed by atoms with Crippen molar-refractivity contribution in [3.05, 3.63) is 11.5 Å². The van der Waals surface area contributed by atoms with Crippen molar-refractivity contribution in [2.45, 2.75) is 12.1 Å². The molecule has 0 rings (SSSR count). The third-order valence-corrected chi connectivity index (χ3v) is 3.57. The minimum absolute atomic E-state index is 0. The van der Waals surface area contributed by atoms with E-state index in [4.69, 9.17) is 21.7 Å². The van der Waals surface area contributed by atoms with Crippen molar-refractivity contribution in [2.75, 3.05) is 11.5 Å². The summed E-state index contributed by atoms with van der Waals surface area (Å²) in [6, 6.07) is -2.39. The Morgan fingerprint density at radius 3 is 1.47 bits per heavy atom. The Hall–Kier alpha value is 0.911. The Labute approximate surface area is 128 Å². The van der Waals surface area contributed by atoms with Crippen LogP contribution in [0.25, 0.3) is 11.5 Å². The molecule has 4 N–H and O–H groups in total. The summed E-state index contributed by atoms with van der Waals surface area (Å²) < 4.78 is 0. The maximum Gasteiger partial charge on any atom is 0.286 e. The smallest absolute Gasteiger partial charge is 0.286 e. The molecule has 0 unspecified atom stereocenters. The molecule has 0 aliphatic rings. The van der Waals surface area contributed by atoms with Gasteiger partial charge in [0.2, 0.25) is 0 Å². The largest absolute Gasteiger partial charge is 0.665 e. The molecule has 0 amide bonds. The van der Waals surface area contributed by atoms with E-state index in [-0.39, 0.29) is 52.3 Å². The van der Waals surface area contributed by atoms with E-state index >= 15 is 0 Å². The van der Waals surface area contributed by atoms with Crippen LogP contribution in [0.1, 0.15) is 0 Å². The zero-order valence-electron chi connectivity index (χ0n) is 7.60. The topological polar surface area (TPSA) is 122 Å². The quantitative estimate of drug-likeness (QED) is 0.506. The molecule has 0 aliphatic carbocycles. The molecular formula is C6H10N2NdO4S2-2. The summed E-state index contributed by atoms with van der Waals surface area (Å²) in [6.45, 7) is 0. The van der Waals surface area contributed by atoms with Gasteiger partial charge in [0.25, 0.3) is 11.9 Å². The summed E-state index contributed by atoms with van der Waals surface area (Å²) in [4.78, 5) is 20.4. The van der Waals surface area contributed by atoms with Gasteiger partial charge in [0.15, 0.2) is 0 Å². The van der Waals surface area contributed by atoms with Crippen molar-refractivity contribution in [1.82, 2.24) is 0 Å². The van der Waals surface area contributed by atoms with E-state index in [9.17, 15) is 9.59 Å². The van der Waals surface area contributed by atoms with Gasteiger partial charge in [-0.3, -0.25) is 9.59 Å². The Morgan fingerprint density at radius 1 is 1.00 bits per heavy atom. The average molecular weight is 383 g/mol. The van der Waals surface area contributed by atoms with Crippen LogP contribution in [0.4, 0.5) is 0 Å². The summed E-state index contributed by atoms with van der Waals surface area (Å²) in [5.74, 6) is -2.21. The van der Waals surface area contributed by atoms with E-state index in [0.717, 1.165) is 21.6 Å². The van der Waals surface area contributed by atoms with Gasteiger partial charge in [0.05, 0.1) is 0 Å². The van der Waals surface area contributed by atoms with Crippen LogP contribution in [0.15, 0.2) is 0 Å². The maximum absolute atomic E-state index is 10.2. The number of aliphatic carboxylic acids is 2. The first-order valence-corrected chi connectivity index (χ1v) is 6.06. The Morgan fingerprint density at radius 2 is 1.27 bits per heavy atom. The average Bonchev–Trinajstić information content (AvgIpc) is 2.11. The van der Waals surface area contributed by atoms with Crippen molar-refractivity contribution < 1.29 is 60.6 Å². The first-order valence-electron chi connectivity index (χ1n) is 3.57. The predicted molar refractivity (Wildman–Crippen MR) is 56.4 cm³/mol. The van der Waals surface area contributed by atoms with Gasteiger partial charge in [0.1, 0.15) is 0 Å². The number of rotatable bonds is 7. The van der Waals surface area contributed by atoms with Gasteiger partial charge in [-0.2, -0.15) is 0 Å². The van der Waals surface area contributed by atoms with Crippen LogP contribution in [-0.2, 0) is 9.59 Å². The summed E-state index contributed by atoms with van der Waals surface area (Å²) >= 11 is 0. The fourth-order valence-corrected chi connectivity index (χ4v) is 2.52. The zero-order valence-corrected chi connectivity index (χ0v) is 12.4. The number of carboxylic acid groups (broad SMARTS) is 2. The number of nitrogens with one attached hydrogen (secondary N) is 2. The van der Waals surface area contributed by atoms with Gasteiger partial charge >= 0.3 is 0 Å². The van der Waals surface area contributed by atoms with Crippen LogP contribution in [0.3, 0.4) is 0 Å². The molecule has 0 aromatic rings. The molecule has 0 radical (unpaired) electrons. The van der Waals surface area contributed by atoms with Crippen LogP contribution < -0.4 is 0 Å². The van der Waals surface area contributed by atoms with Crippen LogP contribution >= 0.6 is 21.6 Å². The molecule has 0 heterocycles. The monoisotopic (exact) mass is 380 g/mol. The molecule has 9 heteroatoms. The van der Waals surface area contributed by atoms with Gasteiger partial charge in [0, 0.05) is 40.8 Å². The van der Waals surface area contributed by atoms with Crippen LogP contribution in [-0.4, -0.2) is 45.7 Å². The molecule has 0 aliphatic heterocycles. The molecule has 0 saturated carbocycles. The van der Waals surface area contributed by atoms with Gasteiger partial charge in [-0.15, -0.1) is 0 Å². The minimum Gasteiger partial charge on any atom is -0.665 e. The van der Waals surface area contributed by atoms with E-state index in [0.29, 0.717) is 0 Å². The molecule has 0 bridgehead atoms. The molecular weight excluding hydrogens is 372 g/mol. The van der Waals surface area contributed by atoms with E-state index in [2.05, 4.69) is 0 Å². The van der Waals surface area contributed by atoms with Crippen LogP contribution in [0.5, 0.6) is 0 Å². The first kappa shape index (κ1) is 18.3. The van der Waals surface area contributed by atoms with Crippen molar-refractivity contribution in [3.63, 3.8) is 0 Å². The molecule has 15 heavy (non-hydrogen) atoms. The normalized spacial score (nSPS) is 13.7. The summed E-state index contributed by atoms with van der Waals surface area (Å²) in [5, 5.41) is 16.7. The standard InChI is InChI=1S/C6H10N2O4S2.Nd/c7-3(5(9)10)1-13-14-2-4(8)6(11)12;/h3-4,7-8H,1-2H2,(H,9,10)(H,11,12);/q-2;/t3-,4-;/m0./s1. The molecule has 0 aromatic heterocycles. The van der Waals surface area contributed by atoms with Gasteiger partial charge < -0.3 is 21.7 Å². The number of hydrogen-bond acceptors (Lipinski definition) is 4. The summed E-state index contributed by atoms with van der Waals surface area (Å²) in [6.07, 6.45) is 0. The molecule has 0 aromatic carbocycles. The van der Waals surface area contributed by atoms with E-state index < -0.39 is 24.0 Å².